The molecular weight excluding hydrogens is 300 g/mol. The van der Waals surface area contributed by atoms with Crippen LogP contribution in [0.25, 0.3) is 11.0 Å². The van der Waals surface area contributed by atoms with E-state index in [0.717, 1.165) is 16.8 Å². The third-order valence-electron chi connectivity index (χ3n) is 4.65. The van der Waals surface area contributed by atoms with Gasteiger partial charge in [0, 0.05) is 0 Å². The molecule has 0 aliphatic rings. The zero-order valence-electron chi connectivity index (χ0n) is 14.8. The second-order valence-electron chi connectivity index (χ2n) is 6.36. The molecule has 1 N–H and O–H groups in total. The minimum absolute atomic E-state index is 0.0730. The summed E-state index contributed by atoms with van der Waals surface area (Å²) in [5.74, 6) is 1.55. The van der Waals surface area contributed by atoms with Crippen molar-refractivity contribution in [2.24, 2.45) is 0 Å². The molecule has 0 radical (unpaired) electrons. The summed E-state index contributed by atoms with van der Waals surface area (Å²) < 4.78 is 7.93. The van der Waals surface area contributed by atoms with Crippen LogP contribution in [0.2, 0.25) is 0 Å². The lowest BCUT2D eigenvalue weighted by atomic mass is 10.1. The van der Waals surface area contributed by atoms with Gasteiger partial charge in [-0.15, -0.1) is 0 Å². The Morgan fingerprint density at radius 1 is 0.958 bits per heavy atom. The summed E-state index contributed by atoms with van der Waals surface area (Å²) in [5.41, 5.74) is 6.89. The third kappa shape index (κ3) is 3.15. The average Bonchev–Trinajstić information content (AvgIpc) is 2.88. The summed E-state index contributed by atoms with van der Waals surface area (Å²) in [5, 5.41) is 9.62. The average molecular weight is 324 g/mol. The Morgan fingerprint density at radius 2 is 1.67 bits per heavy atom. The minimum atomic E-state index is -0.0730. The molecule has 4 nitrogen and oxygen atoms in total. The van der Waals surface area contributed by atoms with Crippen molar-refractivity contribution in [3.63, 3.8) is 0 Å². The second kappa shape index (κ2) is 6.65. The van der Waals surface area contributed by atoms with Gasteiger partial charge in [-0.3, -0.25) is 0 Å². The summed E-state index contributed by atoms with van der Waals surface area (Å²) in [4.78, 5) is 4.54. The lowest BCUT2D eigenvalue weighted by Crippen LogP contribution is -2.11. The molecule has 0 unspecified atom stereocenters. The van der Waals surface area contributed by atoms with Gasteiger partial charge in [-0.1, -0.05) is 6.07 Å². The Hall–Kier alpha value is -2.33. The maximum absolute atomic E-state index is 9.62. The van der Waals surface area contributed by atoms with Crippen LogP contribution in [0, 0.1) is 27.7 Å². The Bertz CT molecular complexity index is 881. The Balaban J connectivity index is 1.81. The van der Waals surface area contributed by atoms with E-state index in [2.05, 4.69) is 56.9 Å². The van der Waals surface area contributed by atoms with E-state index in [1.807, 2.05) is 10.6 Å². The van der Waals surface area contributed by atoms with Crippen molar-refractivity contribution in [3.05, 3.63) is 58.4 Å². The first-order valence-electron chi connectivity index (χ1n) is 8.27. The molecule has 24 heavy (non-hydrogen) atoms. The third-order valence-corrected chi connectivity index (χ3v) is 4.65. The lowest BCUT2D eigenvalue weighted by molar-refractivity contribution is 0.255. The molecule has 4 heteroatoms. The molecule has 3 aromatic rings. The number of imidazole rings is 1. The van der Waals surface area contributed by atoms with E-state index in [0.29, 0.717) is 19.0 Å². The maximum Gasteiger partial charge on any atom is 0.135 e. The van der Waals surface area contributed by atoms with Crippen LogP contribution in [-0.4, -0.2) is 21.3 Å². The van der Waals surface area contributed by atoms with Crippen molar-refractivity contribution in [1.29, 1.82) is 0 Å². The van der Waals surface area contributed by atoms with Crippen molar-refractivity contribution in [1.82, 2.24) is 9.55 Å². The van der Waals surface area contributed by atoms with Crippen LogP contribution in [-0.2, 0) is 13.2 Å². The predicted molar refractivity (Wildman–Crippen MR) is 96.5 cm³/mol. The van der Waals surface area contributed by atoms with Crippen LogP contribution in [0.15, 0.2) is 30.3 Å². The molecule has 1 aromatic heterocycles. The number of aromatic nitrogens is 2. The summed E-state index contributed by atoms with van der Waals surface area (Å²) in [6, 6.07) is 10.3. The van der Waals surface area contributed by atoms with Crippen molar-refractivity contribution < 1.29 is 9.84 Å². The number of hydrogen-bond acceptors (Lipinski definition) is 3. The van der Waals surface area contributed by atoms with Gasteiger partial charge in [-0.25, -0.2) is 4.98 Å². The number of aliphatic hydroxyl groups is 1. The van der Waals surface area contributed by atoms with Gasteiger partial charge in [0.1, 0.15) is 24.8 Å². The Labute approximate surface area is 142 Å². The van der Waals surface area contributed by atoms with E-state index < -0.39 is 0 Å². The van der Waals surface area contributed by atoms with Crippen molar-refractivity contribution in [2.45, 2.75) is 40.8 Å². The van der Waals surface area contributed by atoms with Crippen LogP contribution in [0.5, 0.6) is 5.75 Å². The van der Waals surface area contributed by atoms with E-state index in [4.69, 9.17) is 4.74 Å². The number of hydrogen-bond donors (Lipinski definition) is 1. The first kappa shape index (κ1) is 16.5. The smallest absolute Gasteiger partial charge is 0.135 e. The zero-order chi connectivity index (χ0) is 17.3. The monoisotopic (exact) mass is 324 g/mol. The summed E-state index contributed by atoms with van der Waals surface area (Å²) >= 11 is 0. The van der Waals surface area contributed by atoms with Gasteiger partial charge in [0.15, 0.2) is 0 Å². The molecule has 0 bridgehead atoms. The minimum Gasteiger partial charge on any atom is -0.492 e. The summed E-state index contributed by atoms with van der Waals surface area (Å²) in [6.45, 7) is 9.47. The summed E-state index contributed by atoms with van der Waals surface area (Å²) in [6.07, 6.45) is 0. The highest BCUT2D eigenvalue weighted by molar-refractivity contribution is 5.78. The topological polar surface area (TPSA) is 47.3 Å². The number of nitrogens with zero attached hydrogens (tertiary/aromatic N) is 2. The number of fused-ring (bicyclic) bond motifs is 1. The van der Waals surface area contributed by atoms with E-state index in [1.54, 1.807) is 0 Å². The van der Waals surface area contributed by atoms with Gasteiger partial charge in [-0.2, -0.15) is 0 Å². The highest BCUT2D eigenvalue weighted by Gasteiger charge is 2.11. The normalized spacial score (nSPS) is 11.2. The SMILES string of the molecule is Cc1ccc(OCCn2c(CO)nc3cc(C)c(C)cc32)cc1C. The van der Waals surface area contributed by atoms with Crippen molar-refractivity contribution in [2.75, 3.05) is 6.61 Å². The molecular formula is C20H24N2O2. The van der Waals surface area contributed by atoms with Crippen LogP contribution < -0.4 is 4.74 Å². The Kier molecular flexibility index (Phi) is 4.58. The largest absolute Gasteiger partial charge is 0.492 e. The number of aryl methyl sites for hydroxylation is 4. The van der Waals surface area contributed by atoms with Crippen LogP contribution >= 0.6 is 0 Å². The Morgan fingerprint density at radius 3 is 2.38 bits per heavy atom. The number of rotatable bonds is 5. The van der Waals surface area contributed by atoms with E-state index in [9.17, 15) is 5.11 Å². The van der Waals surface area contributed by atoms with E-state index in [1.165, 1.54) is 22.3 Å². The molecule has 0 amide bonds. The fraction of sp³-hybridized carbons (Fsp3) is 0.350. The van der Waals surface area contributed by atoms with E-state index in [-0.39, 0.29) is 6.61 Å². The fourth-order valence-electron chi connectivity index (χ4n) is 2.86. The maximum atomic E-state index is 9.62. The van der Waals surface area contributed by atoms with Gasteiger partial charge >= 0.3 is 0 Å². The van der Waals surface area contributed by atoms with Gasteiger partial charge in [-0.05, 0) is 74.2 Å². The molecule has 0 aliphatic heterocycles. The molecule has 0 saturated carbocycles. The first-order valence-corrected chi connectivity index (χ1v) is 8.27. The lowest BCUT2D eigenvalue weighted by Gasteiger charge is -2.11. The quantitative estimate of drug-likeness (QED) is 0.775. The number of aliphatic hydroxyl groups excluding tert-OH is 1. The standard InChI is InChI=1S/C20H24N2O2/c1-13-5-6-17(9-14(13)2)24-8-7-22-19-11-16(4)15(3)10-18(19)21-20(22)12-23/h5-6,9-11,23H,7-8,12H2,1-4H3. The first-order chi connectivity index (χ1) is 11.5. The number of benzene rings is 2. The second-order valence-corrected chi connectivity index (χ2v) is 6.36. The van der Waals surface area contributed by atoms with Gasteiger partial charge in [0.25, 0.3) is 0 Å². The summed E-state index contributed by atoms with van der Waals surface area (Å²) in [7, 11) is 0. The van der Waals surface area contributed by atoms with Gasteiger partial charge < -0.3 is 14.4 Å². The van der Waals surface area contributed by atoms with Crippen molar-refractivity contribution >= 4 is 11.0 Å². The fourth-order valence-corrected chi connectivity index (χ4v) is 2.86. The molecule has 0 fully saturated rings. The van der Waals surface area contributed by atoms with Gasteiger partial charge in [0.2, 0.25) is 0 Å². The zero-order valence-corrected chi connectivity index (χ0v) is 14.8. The molecule has 0 saturated heterocycles. The molecule has 0 spiro atoms. The molecule has 126 valence electrons. The predicted octanol–water partition coefficient (Wildman–Crippen LogP) is 3.84. The van der Waals surface area contributed by atoms with E-state index >= 15 is 0 Å². The highest BCUT2D eigenvalue weighted by atomic mass is 16.5. The highest BCUT2D eigenvalue weighted by Crippen LogP contribution is 2.21. The molecule has 0 atom stereocenters. The van der Waals surface area contributed by atoms with Crippen molar-refractivity contribution in [3.8, 4) is 5.75 Å². The molecule has 1 heterocycles. The van der Waals surface area contributed by atoms with Crippen LogP contribution in [0.4, 0.5) is 0 Å². The molecule has 0 aliphatic carbocycles. The van der Waals surface area contributed by atoms with Crippen LogP contribution in [0.3, 0.4) is 0 Å². The number of ether oxygens (including phenoxy) is 1. The molecule has 2 aromatic carbocycles. The van der Waals surface area contributed by atoms with Gasteiger partial charge in [0.05, 0.1) is 17.6 Å². The molecule has 3 rings (SSSR count). The van der Waals surface area contributed by atoms with Crippen LogP contribution in [0.1, 0.15) is 28.1 Å².